The van der Waals surface area contributed by atoms with Gasteiger partial charge in [-0.1, -0.05) is 31.0 Å². The molecule has 96 valence electrons. The van der Waals surface area contributed by atoms with Crippen LogP contribution in [0.5, 0.6) is 0 Å². The minimum Gasteiger partial charge on any atom is -0.396 e. The number of unbranched alkanes of at least 4 members (excludes halogenated alkanes) is 3. The fourth-order valence-electron chi connectivity index (χ4n) is 1.84. The number of anilines is 1. The van der Waals surface area contributed by atoms with Crippen LogP contribution in [0.3, 0.4) is 0 Å². The quantitative estimate of drug-likeness (QED) is 0.577. The summed E-state index contributed by atoms with van der Waals surface area (Å²) in [6.07, 6.45) is 4.97. The summed E-state index contributed by atoms with van der Waals surface area (Å²) in [5.41, 5.74) is 2.30. The van der Waals surface area contributed by atoms with Crippen molar-refractivity contribution < 1.29 is 10.2 Å². The lowest BCUT2D eigenvalue weighted by molar-refractivity contribution is 0.283. The summed E-state index contributed by atoms with van der Waals surface area (Å²) in [5.74, 6) is 0. The molecule has 0 unspecified atom stereocenters. The highest BCUT2D eigenvalue weighted by atomic mass is 16.3. The number of hydrogen-bond donors (Lipinski definition) is 3. The van der Waals surface area contributed by atoms with Crippen molar-refractivity contribution in [1.29, 1.82) is 0 Å². The predicted molar refractivity (Wildman–Crippen MR) is 71.3 cm³/mol. The predicted octanol–water partition coefficient (Wildman–Crippen LogP) is 2.19. The molecule has 0 bridgehead atoms. The highest BCUT2D eigenvalue weighted by molar-refractivity contribution is 5.51. The largest absolute Gasteiger partial charge is 0.396 e. The lowest BCUT2D eigenvalue weighted by Gasteiger charge is -2.11. The first-order valence-electron chi connectivity index (χ1n) is 6.42. The molecular weight excluding hydrogens is 214 g/mol. The summed E-state index contributed by atoms with van der Waals surface area (Å²) in [6.45, 7) is 1.44. The number of benzene rings is 1. The van der Waals surface area contributed by atoms with E-state index in [-0.39, 0.29) is 6.61 Å². The molecule has 0 heterocycles. The highest BCUT2D eigenvalue weighted by Crippen LogP contribution is 2.15. The highest BCUT2D eigenvalue weighted by Gasteiger charge is 1.99. The molecule has 1 rings (SSSR count). The summed E-state index contributed by atoms with van der Waals surface area (Å²) in [6, 6.07) is 8.11. The van der Waals surface area contributed by atoms with Crippen LogP contribution >= 0.6 is 0 Å². The van der Waals surface area contributed by atoms with Crippen LogP contribution in [0, 0.1) is 0 Å². The Morgan fingerprint density at radius 2 is 1.65 bits per heavy atom. The first-order chi connectivity index (χ1) is 8.38. The molecule has 0 aliphatic carbocycles. The number of hydrogen-bond acceptors (Lipinski definition) is 3. The summed E-state index contributed by atoms with van der Waals surface area (Å²) in [7, 11) is 0. The topological polar surface area (TPSA) is 52.5 Å². The van der Waals surface area contributed by atoms with Crippen molar-refractivity contribution >= 4 is 5.69 Å². The lowest BCUT2D eigenvalue weighted by Crippen LogP contribution is -2.05. The molecule has 0 spiro atoms. The van der Waals surface area contributed by atoms with Gasteiger partial charge in [-0.3, -0.25) is 0 Å². The summed E-state index contributed by atoms with van der Waals surface area (Å²) in [4.78, 5) is 0. The second-order valence-corrected chi connectivity index (χ2v) is 4.20. The van der Waals surface area contributed by atoms with E-state index in [1.807, 2.05) is 18.2 Å². The Labute approximate surface area is 103 Å². The zero-order valence-electron chi connectivity index (χ0n) is 10.4. The Bertz CT molecular complexity index is 302. The summed E-state index contributed by atoms with van der Waals surface area (Å²) < 4.78 is 0. The van der Waals surface area contributed by atoms with E-state index in [1.165, 1.54) is 5.56 Å². The lowest BCUT2D eigenvalue weighted by atomic mass is 10.1. The Morgan fingerprint density at radius 3 is 2.41 bits per heavy atom. The fourth-order valence-corrected chi connectivity index (χ4v) is 1.84. The molecule has 0 atom stereocenters. The molecule has 0 aromatic heterocycles. The number of aliphatic hydroxyl groups is 2. The normalized spacial score (nSPS) is 10.5. The van der Waals surface area contributed by atoms with Gasteiger partial charge in [-0.25, -0.2) is 0 Å². The monoisotopic (exact) mass is 237 g/mol. The van der Waals surface area contributed by atoms with Crippen LogP contribution in [0.25, 0.3) is 0 Å². The molecule has 0 aliphatic heterocycles. The van der Waals surface area contributed by atoms with Gasteiger partial charge in [-0.2, -0.15) is 0 Å². The second kappa shape index (κ2) is 9.02. The van der Waals surface area contributed by atoms with Gasteiger partial charge in [-0.05, 0) is 30.9 Å². The third-order valence-corrected chi connectivity index (χ3v) is 2.80. The zero-order chi connectivity index (χ0) is 12.3. The van der Waals surface area contributed by atoms with Gasteiger partial charge in [0.05, 0.1) is 0 Å². The van der Waals surface area contributed by atoms with E-state index in [2.05, 4.69) is 11.4 Å². The fraction of sp³-hybridized carbons (Fsp3) is 0.571. The van der Waals surface area contributed by atoms with Gasteiger partial charge in [0.1, 0.15) is 0 Å². The minimum atomic E-state index is 0.190. The number of rotatable bonds is 9. The smallest absolute Gasteiger partial charge is 0.0472 e. The van der Waals surface area contributed by atoms with Crippen molar-refractivity contribution in [3.05, 3.63) is 29.8 Å². The molecule has 3 nitrogen and oxygen atoms in total. The van der Waals surface area contributed by atoms with E-state index in [9.17, 15) is 0 Å². The molecule has 0 radical (unpaired) electrons. The molecule has 17 heavy (non-hydrogen) atoms. The van der Waals surface area contributed by atoms with Crippen LogP contribution < -0.4 is 5.32 Å². The Balaban J connectivity index is 2.25. The average Bonchev–Trinajstić information content (AvgIpc) is 2.36. The molecule has 3 N–H and O–H groups in total. The standard InChI is InChI=1S/C14H23NO2/c16-11-6-2-1-5-10-15-14-8-4-3-7-13(14)9-12-17/h3-4,7-8,15-17H,1-2,5-6,9-12H2. The van der Waals surface area contributed by atoms with Crippen molar-refractivity contribution in [2.24, 2.45) is 0 Å². The molecular formula is C14H23NO2. The molecule has 0 aliphatic rings. The maximum absolute atomic E-state index is 8.96. The van der Waals surface area contributed by atoms with Crippen LogP contribution in [0.15, 0.2) is 24.3 Å². The SMILES string of the molecule is OCCCCCCNc1ccccc1CCO. The third-order valence-electron chi connectivity index (χ3n) is 2.80. The number of aliphatic hydroxyl groups excluding tert-OH is 2. The van der Waals surface area contributed by atoms with Gasteiger partial charge in [-0.15, -0.1) is 0 Å². The second-order valence-electron chi connectivity index (χ2n) is 4.20. The van der Waals surface area contributed by atoms with E-state index in [1.54, 1.807) is 0 Å². The van der Waals surface area contributed by atoms with Gasteiger partial charge in [0, 0.05) is 25.4 Å². The Kier molecular flexibility index (Phi) is 7.43. The summed E-state index contributed by atoms with van der Waals surface area (Å²) in [5, 5.41) is 21.0. The molecule has 0 fully saturated rings. The van der Waals surface area contributed by atoms with Crippen molar-refractivity contribution in [3.8, 4) is 0 Å². The van der Waals surface area contributed by atoms with E-state index in [0.717, 1.165) is 37.9 Å². The number of para-hydroxylation sites is 1. The van der Waals surface area contributed by atoms with E-state index >= 15 is 0 Å². The van der Waals surface area contributed by atoms with Crippen molar-refractivity contribution in [2.45, 2.75) is 32.1 Å². The first kappa shape index (κ1) is 14.0. The maximum Gasteiger partial charge on any atom is 0.0472 e. The van der Waals surface area contributed by atoms with Gasteiger partial charge in [0.25, 0.3) is 0 Å². The van der Waals surface area contributed by atoms with E-state index < -0.39 is 0 Å². The molecule has 1 aromatic rings. The van der Waals surface area contributed by atoms with Gasteiger partial charge in [0.15, 0.2) is 0 Å². The van der Waals surface area contributed by atoms with Crippen LogP contribution in [0.4, 0.5) is 5.69 Å². The van der Waals surface area contributed by atoms with Gasteiger partial charge >= 0.3 is 0 Å². The molecule has 3 heteroatoms. The van der Waals surface area contributed by atoms with Crippen LogP contribution in [0.1, 0.15) is 31.2 Å². The van der Waals surface area contributed by atoms with Crippen molar-refractivity contribution in [1.82, 2.24) is 0 Å². The molecule has 0 saturated carbocycles. The van der Waals surface area contributed by atoms with E-state index in [0.29, 0.717) is 13.0 Å². The van der Waals surface area contributed by atoms with Crippen molar-refractivity contribution in [3.63, 3.8) is 0 Å². The Hall–Kier alpha value is -1.06. The van der Waals surface area contributed by atoms with Gasteiger partial charge in [0.2, 0.25) is 0 Å². The Morgan fingerprint density at radius 1 is 0.882 bits per heavy atom. The van der Waals surface area contributed by atoms with Crippen LogP contribution in [-0.2, 0) is 6.42 Å². The zero-order valence-corrected chi connectivity index (χ0v) is 10.4. The third kappa shape index (κ3) is 5.71. The molecule has 1 aromatic carbocycles. The first-order valence-corrected chi connectivity index (χ1v) is 6.42. The molecule has 0 amide bonds. The van der Waals surface area contributed by atoms with E-state index in [4.69, 9.17) is 10.2 Å². The molecule has 0 saturated heterocycles. The van der Waals surface area contributed by atoms with Crippen LogP contribution in [-0.4, -0.2) is 30.0 Å². The van der Waals surface area contributed by atoms with Gasteiger partial charge < -0.3 is 15.5 Å². The van der Waals surface area contributed by atoms with Crippen LogP contribution in [0.2, 0.25) is 0 Å². The number of nitrogens with one attached hydrogen (secondary N) is 1. The minimum absolute atomic E-state index is 0.190. The van der Waals surface area contributed by atoms with Crippen molar-refractivity contribution in [2.75, 3.05) is 25.1 Å². The average molecular weight is 237 g/mol. The maximum atomic E-state index is 8.96. The summed E-state index contributed by atoms with van der Waals surface area (Å²) >= 11 is 0.